The lowest BCUT2D eigenvalue weighted by atomic mass is 9.86. The van der Waals surface area contributed by atoms with E-state index in [0.29, 0.717) is 33.9 Å². The summed E-state index contributed by atoms with van der Waals surface area (Å²) < 4.78 is 0. The number of nitrogens with zero attached hydrogens (tertiary/aromatic N) is 6. The number of rotatable bonds is 4. The number of fused-ring (bicyclic) bond motifs is 2. The average molecular weight is 537 g/mol. The minimum atomic E-state index is 0.549. The average Bonchev–Trinajstić information content (AvgIpc) is 3.07. The Kier molecular flexibility index (Phi) is 6.13. The number of nitriles is 2. The summed E-state index contributed by atoms with van der Waals surface area (Å²) in [4.78, 5) is 18.3. The van der Waals surface area contributed by atoms with Crippen LogP contribution in [0, 0.1) is 22.7 Å². The Labute approximate surface area is 241 Å². The molecule has 0 saturated heterocycles. The highest BCUT2D eigenvalue weighted by atomic mass is 14.8. The van der Waals surface area contributed by atoms with Crippen molar-refractivity contribution < 1.29 is 0 Å². The van der Waals surface area contributed by atoms with Crippen LogP contribution in [0.15, 0.2) is 122 Å². The molecule has 3 aromatic carbocycles. The molecule has 6 heteroatoms. The van der Waals surface area contributed by atoms with Crippen molar-refractivity contribution in [1.29, 1.82) is 10.5 Å². The van der Waals surface area contributed by atoms with Crippen LogP contribution in [0.5, 0.6) is 0 Å². The molecule has 0 aliphatic rings. The third-order valence-electron chi connectivity index (χ3n) is 7.34. The summed E-state index contributed by atoms with van der Waals surface area (Å²) in [6.07, 6.45) is 7.01. The van der Waals surface area contributed by atoms with E-state index in [1.807, 2.05) is 24.5 Å². The summed E-state index contributed by atoms with van der Waals surface area (Å²) in [7, 11) is 0. The highest BCUT2D eigenvalue weighted by Gasteiger charge is 2.17. The molecule has 0 aliphatic carbocycles. The standard InChI is InChI=1S/C36H20N6/c37-19-23-13-15-39-33(17-23)31-11-9-25(21-41-31)35-27-5-1-2-6-28(27)36(30-8-4-3-7-29(30)35)26-10-12-32(42-22-26)34-18-24(20-38)14-16-40-34/h1-18,21-22H. The monoisotopic (exact) mass is 536 g/mol. The van der Waals surface area contributed by atoms with Crippen LogP contribution in [0.2, 0.25) is 0 Å². The van der Waals surface area contributed by atoms with E-state index in [9.17, 15) is 10.5 Å². The van der Waals surface area contributed by atoms with Gasteiger partial charge < -0.3 is 0 Å². The largest absolute Gasteiger partial charge is 0.255 e. The molecular weight excluding hydrogens is 516 g/mol. The fourth-order valence-electron chi connectivity index (χ4n) is 5.42. The second-order valence-electron chi connectivity index (χ2n) is 9.79. The number of hydrogen-bond donors (Lipinski definition) is 0. The first-order valence-corrected chi connectivity index (χ1v) is 13.3. The first-order chi connectivity index (χ1) is 20.7. The van der Waals surface area contributed by atoms with E-state index < -0.39 is 0 Å². The van der Waals surface area contributed by atoms with Gasteiger partial charge in [0.05, 0.1) is 46.0 Å². The number of aromatic nitrogens is 4. The topological polar surface area (TPSA) is 99.1 Å². The Hall–Kier alpha value is -6.24. The highest BCUT2D eigenvalue weighted by molar-refractivity contribution is 6.21. The Morgan fingerprint density at radius 3 is 1.17 bits per heavy atom. The highest BCUT2D eigenvalue weighted by Crippen LogP contribution is 2.43. The smallest absolute Gasteiger partial charge is 0.0992 e. The van der Waals surface area contributed by atoms with E-state index >= 15 is 0 Å². The molecule has 0 N–H and O–H groups in total. The van der Waals surface area contributed by atoms with E-state index in [1.165, 1.54) is 0 Å². The quantitative estimate of drug-likeness (QED) is 0.211. The molecule has 0 spiro atoms. The van der Waals surface area contributed by atoms with Crippen molar-refractivity contribution >= 4 is 21.5 Å². The van der Waals surface area contributed by atoms with Crippen molar-refractivity contribution in [2.45, 2.75) is 0 Å². The van der Waals surface area contributed by atoms with E-state index in [4.69, 9.17) is 9.97 Å². The summed E-state index contributed by atoms with van der Waals surface area (Å²) in [6.45, 7) is 0. The van der Waals surface area contributed by atoms with Crippen molar-refractivity contribution in [1.82, 2.24) is 19.9 Å². The van der Waals surface area contributed by atoms with Crippen LogP contribution in [0.25, 0.3) is 66.6 Å². The Bertz CT molecular complexity index is 1990. The van der Waals surface area contributed by atoms with Crippen molar-refractivity contribution in [2.75, 3.05) is 0 Å². The Balaban J connectivity index is 1.38. The zero-order valence-corrected chi connectivity index (χ0v) is 22.2. The maximum atomic E-state index is 9.28. The van der Waals surface area contributed by atoms with E-state index in [2.05, 4.69) is 82.8 Å². The van der Waals surface area contributed by atoms with Crippen LogP contribution in [0.1, 0.15) is 11.1 Å². The zero-order chi connectivity index (χ0) is 28.5. The van der Waals surface area contributed by atoms with Crippen molar-refractivity contribution in [3.8, 4) is 57.2 Å². The SMILES string of the molecule is N#Cc1ccnc(-c2ccc(-c3c4ccccc4c(-c4ccc(-c5cc(C#N)ccn5)nc4)c4ccccc34)cn2)c1. The third kappa shape index (κ3) is 4.30. The van der Waals surface area contributed by atoms with Crippen molar-refractivity contribution in [2.24, 2.45) is 0 Å². The normalized spacial score (nSPS) is 10.8. The van der Waals surface area contributed by atoms with Crippen molar-refractivity contribution in [3.63, 3.8) is 0 Å². The summed E-state index contributed by atoms with van der Waals surface area (Å²) in [5.74, 6) is 0. The predicted molar refractivity (Wildman–Crippen MR) is 164 cm³/mol. The molecule has 6 nitrogen and oxygen atoms in total. The number of hydrogen-bond acceptors (Lipinski definition) is 6. The maximum absolute atomic E-state index is 9.28. The van der Waals surface area contributed by atoms with Gasteiger partial charge in [-0.1, -0.05) is 60.7 Å². The van der Waals surface area contributed by atoms with Gasteiger partial charge in [-0.25, -0.2) is 0 Å². The first-order valence-electron chi connectivity index (χ1n) is 13.3. The minimum Gasteiger partial charge on any atom is -0.255 e. The predicted octanol–water partition coefficient (Wildman–Crippen LogP) is 7.98. The van der Waals surface area contributed by atoms with Crippen molar-refractivity contribution in [3.05, 3.63) is 133 Å². The lowest BCUT2D eigenvalue weighted by Crippen LogP contribution is -1.93. The van der Waals surface area contributed by atoms with Gasteiger partial charge in [0.2, 0.25) is 0 Å². The minimum absolute atomic E-state index is 0.549. The molecule has 0 unspecified atom stereocenters. The molecule has 194 valence electrons. The van der Waals surface area contributed by atoms with Crippen LogP contribution >= 0.6 is 0 Å². The summed E-state index contributed by atoms with van der Waals surface area (Å²) in [5.41, 5.74) is 8.03. The molecule has 4 aromatic heterocycles. The molecule has 0 atom stereocenters. The summed E-state index contributed by atoms with van der Waals surface area (Å²) in [6, 6.07) is 36.0. The fraction of sp³-hybridized carbons (Fsp3) is 0. The lowest BCUT2D eigenvalue weighted by Gasteiger charge is -2.17. The van der Waals surface area contributed by atoms with Gasteiger partial charge in [0.15, 0.2) is 0 Å². The van der Waals surface area contributed by atoms with Gasteiger partial charge in [-0.05, 0) is 69.1 Å². The molecule has 42 heavy (non-hydrogen) atoms. The molecule has 0 saturated carbocycles. The molecule has 0 fully saturated rings. The molecular formula is C36H20N6. The third-order valence-corrected chi connectivity index (χ3v) is 7.34. The number of pyridine rings is 4. The second-order valence-corrected chi connectivity index (χ2v) is 9.79. The Morgan fingerprint density at radius 1 is 0.429 bits per heavy atom. The molecule has 7 rings (SSSR count). The molecule has 0 aliphatic heterocycles. The van der Waals surface area contributed by atoms with Gasteiger partial charge >= 0.3 is 0 Å². The van der Waals surface area contributed by atoms with Crippen LogP contribution in [-0.2, 0) is 0 Å². The molecule has 4 heterocycles. The van der Waals surface area contributed by atoms with Gasteiger partial charge in [0, 0.05) is 35.9 Å². The van der Waals surface area contributed by atoms with Crippen LogP contribution in [0.3, 0.4) is 0 Å². The van der Waals surface area contributed by atoms with Crippen LogP contribution in [0.4, 0.5) is 0 Å². The molecule has 0 bridgehead atoms. The second kappa shape index (κ2) is 10.4. The summed E-state index contributed by atoms with van der Waals surface area (Å²) in [5, 5.41) is 23.0. The van der Waals surface area contributed by atoms with E-state index in [-0.39, 0.29) is 0 Å². The zero-order valence-electron chi connectivity index (χ0n) is 22.2. The summed E-state index contributed by atoms with van der Waals surface area (Å²) >= 11 is 0. The van der Waals surface area contributed by atoms with Gasteiger partial charge in [0.25, 0.3) is 0 Å². The Morgan fingerprint density at radius 2 is 0.833 bits per heavy atom. The van der Waals surface area contributed by atoms with Crippen LogP contribution in [-0.4, -0.2) is 19.9 Å². The molecule has 0 amide bonds. The van der Waals surface area contributed by atoms with E-state index in [0.717, 1.165) is 43.8 Å². The van der Waals surface area contributed by atoms with Gasteiger partial charge in [-0.2, -0.15) is 10.5 Å². The van der Waals surface area contributed by atoms with Gasteiger partial charge in [-0.15, -0.1) is 0 Å². The first kappa shape index (κ1) is 24.8. The number of benzene rings is 3. The molecule has 7 aromatic rings. The van der Waals surface area contributed by atoms with Gasteiger partial charge in [0.1, 0.15) is 0 Å². The lowest BCUT2D eigenvalue weighted by molar-refractivity contribution is 1.24. The fourth-order valence-corrected chi connectivity index (χ4v) is 5.42. The van der Waals surface area contributed by atoms with Gasteiger partial charge in [-0.3, -0.25) is 19.9 Å². The van der Waals surface area contributed by atoms with Crippen LogP contribution < -0.4 is 0 Å². The molecule has 0 radical (unpaired) electrons. The maximum Gasteiger partial charge on any atom is 0.0992 e. The van der Waals surface area contributed by atoms with E-state index in [1.54, 1.807) is 36.7 Å².